The molecule has 0 aliphatic rings. The van der Waals surface area contributed by atoms with Crippen molar-refractivity contribution in [2.75, 3.05) is 6.54 Å². The Morgan fingerprint density at radius 3 is 2.20 bits per heavy atom. The molecule has 0 unspecified atom stereocenters. The summed E-state index contributed by atoms with van der Waals surface area (Å²) >= 11 is 0. The van der Waals surface area contributed by atoms with Crippen LogP contribution >= 0.6 is 0 Å². The van der Waals surface area contributed by atoms with Crippen molar-refractivity contribution in [1.82, 2.24) is 25.9 Å². The molecule has 0 aromatic carbocycles. The molecule has 0 saturated heterocycles. The first-order valence-corrected chi connectivity index (χ1v) is 11.3. The van der Waals surface area contributed by atoms with E-state index in [0.717, 1.165) is 0 Å². The summed E-state index contributed by atoms with van der Waals surface area (Å²) < 4.78 is 5.16. The Balaban J connectivity index is 2.84. The fraction of sp³-hybridized carbons (Fsp3) is 0.636. The Bertz CT molecular complexity index is 879. The van der Waals surface area contributed by atoms with E-state index in [-0.39, 0.29) is 25.3 Å². The molecule has 0 saturated carbocycles. The molecule has 1 aromatic heterocycles. The van der Waals surface area contributed by atoms with Crippen LogP contribution in [-0.2, 0) is 35.1 Å². The number of nitrogens with one attached hydrogen (secondary N) is 4. The van der Waals surface area contributed by atoms with Crippen molar-refractivity contribution in [3.8, 4) is 0 Å². The average molecular weight is 496 g/mol. The van der Waals surface area contributed by atoms with Gasteiger partial charge in [0, 0.05) is 18.3 Å². The third-order valence-electron chi connectivity index (χ3n) is 4.54. The quantitative estimate of drug-likeness (QED) is 0.179. The Morgan fingerprint density at radius 1 is 1.06 bits per heavy atom. The van der Waals surface area contributed by atoms with Crippen molar-refractivity contribution in [1.29, 1.82) is 0 Å². The number of amides is 4. The molecule has 13 nitrogen and oxygen atoms in total. The molecule has 0 aliphatic carbocycles. The van der Waals surface area contributed by atoms with Crippen LogP contribution in [0, 0.1) is 5.92 Å². The molecule has 0 spiro atoms. The van der Waals surface area contributed by atoms with Gasteiger partial charge in [0.25, 0.3) is 0 Å². The van der Waals surface area contributed by atoms with Gasteiger partial charge in [0.15, 0.2) is 0 Å². The SMILES string of the molecule is CC(C)C[C@@H](NC(=O)[C@@H](CC(N)=O)NC(=O)[C@H](N)Cc1cnc[nH]1)C(=O)NCC(=O)OC(C)(C)C. The number of carbonyl (C=O) groups excluding carboxylic acids is 5. The standard InChI is InChI=1S/C22H37N7O6/c1-12(2)6-15(20(33)26-10-18(31)35-22(3,4)5)29-21(34)16(8-17(24)30)28-19(32)14(23)7-13-9-25-11-27-13/h9,11-12,14-16H,6-8,10,23H2,1-5H3,(H2,24,30)(H,25,27)(H,26,33)(H,28,32)(H,29,34)/t14-,15-,16-/m1/s1. The molecule has 0 fully saturated rings. The van der Waals surface area contributed by atoms with Gasteiger partial charge in [0.2, 0.25) is 23.6 Å². The number of primary amides is 1. The van der Waals surface area contributed by atoms with Crippen LogP contribution in [0.15, 0.2) is 12.5 Å². The van der Waals surface area contributed by atoms with E-state index in [1.807, 2.05) is 13.8 Å². The van der Waals surface area contributed by atoms with Crippen molar-refractivity contribution < 1.29 is 28.7 Å². The van der Waals surface area contributed by atoms with Crippen LogP contribution < -0.4 is 27.4 Å². The fourth-order valence-electron chi connectivity index (χ4n) is 3.05. The summed E-state index contributed by atoms with van der Waals surface area (Å²) in [6.07, 6.45) is 2.81. The molecular formula is C22H37N7O6. The van der Waals surface area contributed by atoms with Crippen molar-refractivity contribution in [3.63, 3.8) is 0 Å². The van der Waals surface area contributed by atoms with Gasteiger partial charge >= 0.3 is 5.97 Å². The summed E-state index contributed by atoms with van der Waals surface area (Å²) in [5, 5.41) is 7.39. The molecule has 0 bridgehead atoms. The van der Waals surface area contributed by atoms with E-state index < -0.39 is 59.7 Å². The third kappa shape index (κ3) is 12.0. The zero-order valence-electron chi connectivity index (χ0n) is 20.8. The highest BCUT2D eigenvalue weighted by Gasteiger charge is 2.30. The molecule has 1 rings (SSSR count). The lowest BCUT2D eigenvalue weighted by molar-refractivity contribution is -0.154. The molecule has 1 aromatic rings. The van der Waals surface area contributed by atoms with Gasteiger partial charge in [-0.15, -0.1) is 0 Å². The van der Waals surface area contributed by atoms with Gasteiger partial charge in [0.1, 0.15) is 24.2 Å². The minimum absolute atomic E-state index is 0.000384. The van der Waals surface area contributed by atoms with Crippen molar-refractivity contribution >= 4 is 29.6 Å². The van der Waals surface area contributed by atoms with E-state index in [4.69, 9.17) is 16.2 Å². The topological polar surface area (TPSA) is 211 Å². The summed E-state index contributed by atoms with van der Waals surface area (Å²) in [5.74, 6) is -3.55. The number of imidazole rings is 1. The maximum atomic E-state index is 12.9. The maximum absolute atomic E-state index is 12.9. The summed E-state index contributed by atoms with van der Waals surface area (Å²) in [7, 11) is 0. The number of H-pyrrole nitrogens is 1. The second kappa shape index (κ2) is 13.4. The summed E-state index contributed by atoms with van der Waals surface area (Å²) in [5.41, 5.74) is 11.0. The fourth-order valence-corrected chi connectivity index (χ4v) is 3.05. The van der Waals surface area contributed by atoms with Gasteiger partial charge in [-0.3, -0.25) is 24.0 Å². The first kappa shape index (κ1) is 29.6. The first-order chi connectivity index (χ1) is 16.2. The van der Waals surface area contributed by atoms with Crippen LogP contribution in [-0.4, -0.2) is 69.8 Å². The predicted octanol–water partition coefficient (Wildman–Crippen LogP) is -1.37. The molecule has 13 heteroatoms. The monoisotopic (exact) mass is 495 g/mol. The van der Waals surface area contributed by atoms with Gasteiger partial charge < -0.3 is 37.1 Å². The second-order valence-electron chi connectivity index (χ2n) is 9.61. The smallest absolute Gasteiger partial charge is 0.325 e. The largest absolute Gasteiger partial charge is 0.459 e. The summed E-state index contributed by atoms with van der Waals surface area (Å²) in [6.45, 7) is 8.40. The van der Waals surface area contributed by atoms with E-state index in [0.29, 0.717) is 5.69 Å². The molecule has 3 atom stereocenters. The van der Waals surface area contributed by atoms with E-state index in [1.54, 1.807) is 20.8 Å². The number of esters is 1. The number of nitrogens with zero attached hydrogens (tertiary/aromatic N) is 1. The predicted molar refractivity (Wildman–Crippen MR) is 126 cm³/mol. The molecule has 0 aliphatic heterocycles. The first-order valence-electron chi connectivity index (χ1n) is 11.3. The van der Waals surface area contributed by atoms with E-state index in [9.17, 15) is 24.0 Å². The van der Waals surface area contributed by atoms with E-state index in [1.165, 1.54) is 12.5 Å². The summed E-state index contributed by atoms with van der Waals surface area (Å²) in [6, 6.07) is -3.40. The Kier molecular flexibility index (Phi) is 11.3. The highest BCUT2D eigenvalue weighted by Crippen LogP contribution is 2.08. The van der Waals surface area contributed by atoms with Gasteiger partial charge in [0.05, 0.1) is 18.8 Å². The Labute approximate surface area is 204 Å². The number of ether oxygens (including phenoxy) is 1. The van der Waals surface area contributed by atoms with Gasteiger partial charge in [-0.1, -0.05) is 13.8 Å². The molecule has 4 amide bonds. The molecule has 8 N–H and O–H groups in total. The number of hydrogen-bond donors (Lipinski definition) is 6. The van der Waals surface area contributed by atoms with Crippen molar-refractivity contribution in [2.24, 2.45) is 17.4 Å². The number of hydrogen-bond acceptors (Lipinski definition) is 8. The molecule has 1 heterocycles. The normalized spacial score (nSPS) is 13.9. The third-order valence-corrected chi connectivity index (χ3v) is 4.54. The highest BCUT2D eigenvalue weighted by atomic mass is 16.6. The van der Waals surface area contributed by atoms with Crippen LogP contribution in [0.3, 0.4) is 0 Å². The number of carbonyl (C=O) groups is 5. The number of rotatable bonds is 13. The number of aromatic amines is 1. The minimum atomic E-state index is -1.35. The van der Waals surface area contributed by atoms with Crippen molar-refractivity contribution in [3.05, 3.63) is 18.2 Å². The van der Waals surface area contributed by atoms with Gasteiger partial charge in [-0.25, -0.2) is 4.98 Å². The lowest BCUT2D eigenvalue weighted by Crippen LogP contribution is -2.57. The van der Waals surface area contributed by atoms with Crippen LogP contribution in [0.1, 0.15) is 53.2 Å². The second-order valence-corrected chi connectivity index (χ2v) is 9.61. The van der Waals surface area contributed by atoms with Crippen LogP contribution in [0.25, 0.3) is 0 Å². The Hall–Kier alpha value is -3.48. The molecule has 196 valence electrons. The Morgan fingerprint density at radius 2 is 1.69 bits per heavy atom. The molecule has 35 heavy (non-hydrogen) atoms. The lowest BCUT2D eigenvalue weighted by atomic mass is 10.0. The van der Waals surface area contributed by atoms with E-state index in [2.05, 4.69) is 25.9 Å². The van der Waals surface area contributed by atoms with E-state index >= 15 is 0 Å². The maximum Gasteiger partial charge on any atom is 0.325 e. The summed E-state index contributed by atoms with van der Waals surface area (Å²) in [4.78, 5) is 68.2. The van der Waals surface area contributed by atoms with Gasteiger partial charge in [-0.2, -0.15) is 0 Å². The highest BCUT2D eigenvalue weighted by molar-refractivity contribution is 5.96. The zero-order chi connectivity index (χ0) is 26.8. The van der Waals surface area contributed by atoms with Gasteiger partial charge in [-0.05, 0) is 33.1 Å². The molecule has 0 radical (unpaired) electrons. The molecular weight excluding hydrogens is 458 g/mol. The van der Waals surface area contributed by atoms with Crippen LogP contribution in [0.5, 0.6) is 0 Å². The number of nitrogens with two attached hydrogens (primary N) is 2. The van der Waals surface area contributed by atoms with Crippen LogP contribution in [0.2, 0.25) is 0 Å². The lowest BCUT2D eigenvalue weighted by Gasteiger charge is -2.25. The van der Waals surface area contributed by atoms with Crippen LogP contribution in [0.4, 0.5) is 0 Å². The van der Waals surface area contributed by atoms with Crippen molar-refractivity contribution in [2.45, 2.75) is 77.6 Å². The average Bonchev–Trinajstić information content (AvgIpc) is 3.21. The zero-order valence-corrected chi connectivity index (χ0v) is 20.8. The number of aromatic nitrogens is 2. The minimum Gasteiger partial charge on any atom is -0.459 e.